The van der Waals surface area contributed by atoms with Crippen LogP contribution in [0.15, 0.2) is 212 Å². The van der Waals surface area contributed by atoms with Crippen molar-refractivity contribution in [3.63, 3.8) is 0 Å². The van der Waals surface area contributed by atoms with Gasteiger partial charge in [0.05, 0.1) is 28.1 Å². The van der Waals surface area contributed by atoms with Crippen molar-refractivity contribution in [3.8, 4) is 44.8 Å². The molecule has 55 heavy (non-hydrogen) atoms. The Balaban J connectivity index is 1.08. The Labute approximate surface area is 320 Å². The van der Waals surface area contributed by atoms with Crippen molar-refractivity contribution in [2.75, 3.05) is 4.90 Å². The van der Waals surface area contributed by atoms with E-state index in [1.807, 2.05) is 12.1 Å². The number of nitrogens with zero attached hydrogens (tertiary/aromatic N) is 3. The molecule has 0 saturated carbocycles. The third-order valence-electron chi connectivity index (χ3n) is 10.4. The van der Waals surface area contributed by atoms with E-state index in [9.17, 15) is 0 Å². The van der Waals surface area contributed by atoms with Gasteiger partial charge in [-0.05, 0) is 75.5 Å². The van der Waals surface area contributed by atoms with E-state index in [0.717, 1.165) is 72.5 Å². The first-order chi connectivity index (χ1) is 27.3. The number of rotatable bonds is 7. The van der Waals surface area contributed by atoms with Crippen LogP contribution < -0.4 is 4.90 Å². The van der Waals surface area contributed by atoms with E-state index in [0.29, 0.717) is 0 Å². The zero-order chi connectivity index (χ0) is 36.6. The maximum Gasteiger partial charge on any atom is 0.0973 e. The lowest BCUT2D eigenvalue weighted by Gasteiger charge is -2.27. The van der Waals surface area contributed by atoms with Crippen LogP contribution in [0.1, 0.15) is 0 Å². The van der Waals surface area contributed by atoms with Gasteiger partial charge in [-0.15, -0.1) is 0 Å². The predicted octanol–water partition coefficient (Wildman–Crippen LogP) is 14.1. The van der Waals surface area contributed by atoms with E-state index in [4.69, 9.17) is 9.97 Å². The van der Waals surface area contributed by atoms with Gasteiger partial charge in [-0.2, -0.15) is 0 Å². The highest BCUT2D eigenvalue weighted by Crippen LogP contribution is 2.41. The van der Waals surface area contributed by atoms with Crippen LogP contribution >= 0.6 is 0 Å². The quantitative estimate of drug-likeness (QED) is 0.155. The molecule has 0 radical (unpaired) electrons. The molecule has 0 fully saturated rings. The summed E-state index contributed by atoms with van der Waals surface area (Å²) in [7, 11) is 0. The molecule has 10 rings (SSSR count). The zero-order valence-electron chi connectivity index (χ0n) is 30.0. The topological polar surface area (TPSA) is 29.0 Å². The first-order valence-corrected chi connectivity index (χ1v) is 18.7. The summed E-state index contributed by atoms with van der Waals surface area (Å²) in [5, 5.41) is 4.64. The molecular weight excluding hydrogens is 667 g/mol. The number of benzene rings is 9. The van der Waals surface area contributed by atoms with Crippen molar-refractivity contribution in [1.29, 1.82) is 0 Å². The standard InChI is InChI=1S/C52H35N3/c1-4-16-39(17-5-1)50-51(40-18-6-2-7-19-40)54-52-47-35-41(28-27-38(47)31-34-48(52)53-50)45-24-13-12-23-44(45)37-29-32-43(33-30-37)55(42-21-8-3-9-22-42)49-26-14-20-36-15-10-11-25-46(36)49/h1-35H. The molecule has 0 N–H and O–H groups in total. The lowest BCUT2D eigenvalue weighted by molar-refractivity contribution is 1.30. The zero-order valence-corrected chi connectivity index (χ0v) is 30.0. The van der Waals surface area contributed by atoms with Crippen LogP contribution in [0.5, 0.6) is 0 Å². The average Bonchev–Trinajstić information content (AvgIpc) is 3.27. The molecule has 0 saturated heterocycles. The first kappa shape index (κ1) is 32.3. The summed E-state index contributed by atoms with van der Waals surface area (Å²) in [6, 6.07) is 75.1. The maximum atomic E-state index is 5.39. The summed E-state index contributed by atoms with van der Waals surface area (Å²) in [6.07, 6.45) is 0. The molecular formula is C52H35N3. The second-order valence-corrected chi connectivity index (χ2v) is 13.8. The molecule has 0 aliphatic carbocycles. The van der Waals surface area contributed by atoms with E-state index < -0.39 is 0 Å². The van der Waals surface area contributed by atoms with Gasteiger partial charge in [-0.1, -0.05) is 170 Å². The third-order valence-corrected chi connectivity index (χ3v) is 10.4. The van der Waals surface area contributed by atoms with Crippen molar-refractivity contribution in [3.05, 3.63) is 212 Å². The Hall–Kier alpha value is -7.36. The van der Waals surface area contributed by atoms with Crippen LogP contribution in [-0.2, 0) is 0 Å². The summed E-state index contributed by atoms with van der Waals surface area (Å²) in [6.45, 7) is 0. The van der Waals surface area contributed by atoms with Gasteiger partial charge < -0.3 is 4.90 Å². The van der Waals surface area contributed by atoms with Gasteiger partial charge in [-0.3, -0.25) is 0 Å². The summed E-state index contributed by atoms with van der Waals surface area (Å²) in [5.41, 5.74) is 13.6. The molecule has 258 valence electrons. The van der Waals surface area contributed by atoms with Crippen molar-refractivity contribution in [2.45, 2.75) is 0 Å². The van der Waals surface area contributed by atoms with Crippen LogP contribution in [0.3, 0.4) is 0 Å². The molecule has 0 unspecified atom stereocenters. The minimum Gasteiger partial charge on any atom is -0.310 e. The highest BCUT2D eigenvalue weighted by molar-refractivity contribution is 6.07. The average molecular weight is 702 g/mol. The highest BCUT2D eigenvalue weighted by atomic mass is 15.1. The normalized spacial score (nSPS) is 11.3. The molecule has 0 spiro atoms. The van der Waals surface area contributed by atoms with Crippen LogP contribution in [0.25, 0.3) is 77.3 Å². The van der Waals surface area contributed by atoms with Gasteiger partial charge in [0.25, 0.3) is 0 Å². The van der Waals surface area contributed by atoms with E-state index >= 15 is 0 Å². The fourth-order valence-corrected chi connectivity index (χ4v) is 7.78. The largest absolute Gasteiger partial charge is 0.310 e. The fourth-order valence-electron chi connectivity index (χ4n) is 7.78. The molecule has 3 heteroatoms. The van der Waals surface area contributed by atoms with Crippen molar-refractivity contribution >= 4 is 49.6 Å². The molecule has 1 aromatic heterocycles. The number of anilines is 3. The molecule has 9 aromatic carbocycles. The van der Waals surface area contributed by atoms with Crippen LogP contribution in [0, 0.1) is 0 Å². The molecule has 0 aliphatic heterocycles. The number of fused-ring (bicyclic) bond motifs is 4. The van der Waals surface area contributed by atoms with Crippen molar-refractivity contribution in [1.82, 2.24) is 9.97 Å². The van der Waals surface area contributed by atoms with E-state index in [1.54, 1.807) is 0 Å². The van der Waals surface area contributed by atoms with Crippen molar-refractivity contribution < 1.29 is 0 Å². The summed E-state index contributed by atoms with van der Waals surface area (Å²) in [4.78, 5) is 13.0. The monoisotopic (exact) mass is 701 g/mol. The second-order valence-electron chi connectivity index (χ2n) is 13.8. The Morgan fingerprint density at radius 3 is 1.58 bits per heavy atom. The molecule has 10 aromatic rings. The Morgan fingerprint density at radius 1 is 0.327 bits per heavy atom. The van der Waals surface area contributed by atoms with Gasteiger partial charge in [0.1, 0.15) is 0 Å². The molecule has 0 bridgehead atoms. The Kier molecular flexibility index (Phi) is 8.16. The fraction of sp³-hybridized carbons (Fsp3) is 0. The van der Waals surface area contributed by atoms with Crippen LogP contribution in [-0.4, -0.2) is 9.97 Å². The highest BCUT2D eigenvalue weighted by Gasteiger charge is 2.18. The Morgan fingerprint density at radius 2 is 0.855 bits per heavy atom. The lowest BCUT2D eigenvalue weighted by Crippen LogP contribution is -2.10. The van der Waals surface area contributed by atoms with Gasteiger partial charge in [0.15, 0.2) is 0 Å². The van der Waals surface area contributed by atoms with Gasteiger partial charge >= 0.3 is 0 Å². The van der Waals surface area contributed by atoms with E-state index in [2.05, 4.69) is 205 Å². The Bertz CT molecular complexity index is 2950. The first-order valence-electron chi connectivity index (χ1n) is 18.7. The van der Waals surface area contributed by atoms with Crippen LogP contribution in [0.2, 0.25) is 0 Å². The van der Waals surface area contributed by atoms with Gasteiger partial charge in [-0.25, -0.2) is 9.97 Å². The third kappa shape index (κ3) is 5.98. The molecule has 3 nitrogen and oxygen atoms in total. The van der Waals surface area contributed by atoms with Crippen molar-refractivity contribution in [2.24, 2.45) is 0 Å². The number of para-hydroxylation sites is 1. The van der Waals surface area contributed by atoms with Gasteiger partial charge in [0.2, 0.25) is 0 Å². The predicted molar refractivity (Wildman–Crippen MR) is 231 cm³/mol. The number of hydrogen-bond donors (Lipinski definition) is 0. The minimum absolute atomic E-state index is 0.876. The summed E-state index contributed by atoms with van der Waals surface area (Å²) >= 11 is 0. The lowest BCUT2D eigenvalue weighted by atomic mass is 9.92. The second kappa shape index (κ2) is 13.9. The molecule has 0 amide bonds. The minimum atomic E-state index is 0.876. The number of aromatic nitrogens is 2. The van der Waals surface area contributed by atoms with Gasteiger partial charge in [0, 0.05) is 33.3 Å². The van der Waals surface area contributed by atoms with E-state index in [1.165, 1.54) is 21.9 Å². The SMILES string of the molecule is c1ccc(-c2nc3ccc4ccc(-c5ccccc5-c5ccc(N(c6ccccc6)c6cccc7ccccc67)cc5)cc4c3nc2-c2ccccc2)cc1. The number of hydrogen-bond acceptors (Lipinski definition) is 3. The summed E-state index contributed by atoms with van der Waals surface area (Å²) < 4.78 is 0. The molecule has 0 aliphatic rings. The summed E-state index contributed by atoms with van der Waals surface area (Å²) in [5.74, 6) is 0. The maximum absolute atomic E-state index is 5.39. The van der Waals surface area contributed by atoms with Crippen LogP contribution in [0.4, 0.5) is 17.1 Å². The van der Waals surface area contributed by atoms with E-state index in [-0.39, 0.29) is 0 Å². The molecule has 0 atom stereocenters. The molecule has 1 heterocycles. The smallest absolute Gasteiger partial charge is 0.0973 e.